The number of carbonyl (C=O) groups is 1. The zero-order valence-electron chi connectivity index (χ0n) is 19.3. The van der Waals surface area contributed by atoms with E-state index in [9.17, 15) is 4.79 Å². The van der Waals surface area contributed by atoms with Crippen molar-refractivity contribution in [1.29, 1.82) is 0 Å². The number of ether oxygens (including phenoxy) is 3. The molecule has 3 aromatic rings. The van der Waals surface area contributed by atoms with Crippen molar-refractivity contribution in [2.24, 2.45) is 0 Å². The Morgan fingerprint density at radius 1 is 0.844 bits per heavy atom. The highest BCUT2D eigenvalue weighted by atomic mass is 16.6. The van der Waals surface area contributed by atoms with E-state index in [0.717, 1.165) is 12.2 Å². The van der Waals surface area contributed by atoms with Crippen molar-refractivity contribution in [3.63, 3.8) is 0 Å². The Bertz CT molecular complexity index is 976. The van der Waals surface area contributed by atoms with Gasteiger partial charge in [0, 0.05) is 0 Å². The van der Waals surface area contributed by atoms with Crippen LogP contribution in [-0.4, -0.2) is 24.8 Å². The van der Waals surface area contributed by atoms with Crippen LogP contribution in [0.15, 0.2) is 78.9 Å². The van der Waals surface area contributed by atoms with Crippen molar-refractivity contribution in [2.75, 3.05) is 13.2 Å². The molecule has 0 aromatic heterocycles. The number of carbonyl (C=O) groups excluding carboxylic acids is 1. The molecule has 0 aliphatic heterocycles. The summed E-state index contributed by atoms with van der Waals surface area (Å²) in [5, 5.41) is 0. The number of rotatable bonds is 10. The molecule has 1 atom stereocenters. The fourth-order valence-corrected chi connectivity index (χ4v) is 3.40. The molecule has 4 nitrogen and oxygen atoms in total. The van der Waals surface area contributed by atoms with E-state index in [1.807, 2.05) is 30.3 Å². The predicted octanol–water partition coefficient (Wildman–Crippen LogP) is 6.65. The van der Waals surface area contributed by atoms with Gasteiger partial charge < -0.3 is 14.2 Å². The first kappa shape index (κ1) is 23.4. The second-order valence-corrected chi connectivity index (χ2v) is 8.33. The Hall–Kier alpha value is -3.27. The Balaban J connectivity index is 1.48. The normalized spacial score (nSPS) is 12.1. The lowest BCUT2D eigenvalue weighted by atomic mass is 9.95. The minimum atomic E-state index is -1.04. The van der Waals surface area contributed by atoms with Crippen LogP contribution in [0.3, 0.4) is 0 Å². The molecule has 168 valence electrons. The third-order valence-corrected chi connectivity index (χ3v) is 5.37. The van der Waals surface area contributed by atoms with Crippen LogP contribution in [0.4, 0.5) is 0 Å². The third kappa shape index (κ3) is 6.36. The molecule has 0 N–H and O–H groups in total. The molecule has 0 amide bonds. The van der Waals surface area contributed by atoms with Gasteiger partial charge in [-0.05, 0) is 74.1 Å². The lowest BCUT2D eigenvalue weighted by Gasteiger charge is -2.24. The van der Waals surface area contributed by atoms with Crippen LogP contribution in [0.5, 0.6) is 11.5 Å². The summed E-state index contributed by atoms with van der Waals surface area (Å²) in [5.41, 5.74) is 2.72. The van der Waals surface area contributed by atoms with Crippen LogP contribution in [0.1, 0.15) is 45.6 Å². The minimum absolute atomic E-state index is 0.327. The summed E-state index contributed by atoms with van der Waals surface area (Å²) in [6.07, 6.45) is 0.916. The molecule has 3 aromatic carbocycles. The summed E-state index contributed by atoms with van der Waals surface area (Å²) in [4.78, 5) is 12.0. The summed E-state index contributed by atoms with van der Waals surface area (Å²) >= 11 is 0. The molecule has 0 heterocycles. The first-order valence-corrected chi connectivity index (χ1v) is 11.1. The van der Waals surface area contributed by atoms with Gasteiger partial charge in [-0.1, -0.05) is 61.5 Å². The molecule has 0 radical (unpaired) electrons. The van der Waals surface area contributed by atoms with Gasteiger partial charge in [-0.25, -0.2) is 4.79 Å². The van der Waals surface area contributed by atoms with Gasteiger partial charge in [-0.3, -0.25) is 0 Å². The molecule has 0 bridgehead atoms. The maximum absolute atomic E-state index is 12.0. The van der Waals surface area contributed by atoms with E-state index in [1.54, 1.807) is 20.8 Å². The van der Waals surface area contributed by atoms with Crippen LogP contribution < -0.4 is 9.47 Å². The number of benzene rings is 3. The third-order valence-electron chi connectivity index (χ3n) is 5.37. The number of hydrogen-bond acceptors (Lipinski definition) is 4. The van der Waals surface area contributed by atoms with Crippen LogP contribution >= 0.6 is 0 Å². The van der Waals surface area contributed by atoms with E-state index in [4.69, 9.17) is 14.2 Å². The zero-order valence-corrected chi connectivity index (χ0v) is 19.3. The molecule has 4 heteroatoms. The Kier molecular flexibility index (Phi) is 7.93. The molecule has 0 fully saturated rings. The second-order valence-electron chi connectivity index (χ2n) is 8.33. The first-order chi connectivity index (χ1) is 15.4. The van der Waals surface area contributed by atoms with Crippen molar-refractivity contribution in [2.45, 2.75) is 45.6 Å². The van der Waals surface area contributed by atoms with Gasteiger partial charge in [-0.15, -0.1) is 0 Å². The SMILES string of the molecule is CCOC(=O)C(C)(C)Oc1ccc(OCCC(C)c2ccc(-c3ccccc3)cc2)cc1. The molecular weight excluding hydrogens is 400 g/mol. The summed E-state index contributed by atoms with van der Waals surface area (Å²) in [6.45, 7) is 8.34. The van der Waals surface area contributed by atoms with Crippen LogP contribution in [0.25, 0.3) is 11.1 Å². The van der Waals surface area contributed by atoms with E-state index in [1.165, 1.54) is 16.7 Å². The zero-order chi connectivity index (χ0) is 23.0. The van der Waals surface area contributed by atoms with E-state index in [2.05, 4.69) is 55.5 Å². The molecule has 32 heavy (non-hydrogen) atoms. The lowest BCUT2D eigenvalue weighted by molar-refractivity contribution is -0.158. The number of esters is 1. The first-order valence-electron chi connectivity index (χ1n) is 11.1. The smallest absolute Gasteiger partial charge is 0.349 e. The average Bonchev–Trinajstić information content (AvgIpc) is 2.81. The molecule has 0 saturated carbocycles. The molecular formula is C28H32O4. The highest BCUT2D eigenvalue weighted by molar-refractivity contribution is 5.79. The molecule has 0 aliphatic rings. The Morgan fingerprint density at radius 3 is 2.06 bits per heavy atom. The maximum atomic E-state index is 12.0. The van der Waals surface area contributed by atoms with Gasteiger partial charge in [0.2, 0.25) is 0 Å². The van der Waals surface area contributed by atoms with Gasteiger partial charge >= 0.3 is 5.97 Å². The predicted molar refractivity (Wildman–Crippen MR) is 128 cm³/mol. The van der Waals surface area contributed by atoms with Gasteiger partial charge in [-0.2, -0.15) is 0 Å². The van der Waals surface area contributed by atoms with Crippen molar-refractivity contribution in [3.8, 4) is 22.6 Å². The van der Waals surface area contributed by atoms with E-state index >= 15 is 0 Å². The van der Waals surface area contributed by atoms with Crippen molar-refractivity contribution >= 4 is 5.97 Å². The van der Waals surface area contributed by atoms with Crippen molar-refractivity contribution < 1.29 is 19.0 Å². The second kappa shape index (κ2) is 10.9. The summed E-state index contributed by atoms with van der Waals surface area (Å²) in [6, 6.07) is 26.5. The minimum Gasteiger partial charge on any atom is -0.494 e. The fourth-order valence-electron chi connectivity index (χ4n) is 3.40. The molecule has 0 aliphatic carbocycles. The number of hydrogen-bond donors (Lipinski definition) is 0. The Labute approximate surface area is 191 Å². The molecule has 1 unspecified atom stereocenters. The fraction of sp³-hybridized carbons (Fsp3) is 0.321. The van der Waals surface area contributed by atoms with Crippen LogP contribution in [-0.2, 0) is 9.53 Å². The average molecular weight is 433 g/mol. The van der Waals surface area contributed by atoms with E-state index < -0.39 is 5.60 Å². The van der Waals surface area contributed by atoms with Gasteiger partial charge in [0.25, 0.3) is 0 Å². The standard InChI is InChI=1S/C28H32O4/c1-5-30-27(29)28(3,4)32-26-17-15-25(16-18-26)31-20-19-21(2)22-11-13-24(14-12-22)23-9-7-6-8-10-23/h6-18,21H,5,19-20H2,1-4H3. The van der Waals surface area contributed by atoms with E-state index in [-0.39, 0.29) is 5.97 Å². The monoisotopic (exact) mass is 432 g/mol. The largest absolute Gasteiger partial charge is 0.494 e. The summed E-state index contributed by atoms with van der Waals surface area (Å²) in [5.74, 6) is 1.39. The van der Waals surface area contributed by atoms with Gasteiger partial charge in [0.05, 0.1) is 13.2 Å². The summed E-state index contributed by atoms with van der Waals surface area (Å²) in [7, 11) is 0. The highest BCUT2D eigenvalue weighted by Gasteiger charge is 2.31. The lowest BCUT2D eigenvalue weighted by Crippen LogP contribution is -2.39. The Morgan fingerprint density at radius 2 is 1.44 bits per heavy atom. The summed E-state index contributed by atoms with van der Waals surface area (Å²) < 4.78 is 16.8. The molecule has 0 saturated heterocycles. The van der Waals surface area contributed by atoms with Crippen LogP contribution in [0.2, 0.25) is 0 Å². The van der Waals surface area contributed by atoms with Crippen molar-refractivity contribution in [1.82, 2.24) is 0 Å². The molecule has 0 spiro atoms. The van der Waals surface area contributed by atoms with Crippen LogP contribution in [0, 0.1) is 0 Å². The maximum Gasteiger partial charge on any atom is 0.349 e. The molecule has 3 rings (SSSR count). The van der Waals surface area contributed by atoms with E-state index in [0.29, 0.717) is 24.9 Å². The van der Waals surface area contributed by atoms with Gasteiger partial charge in [0.15, 0.2) is 5.60 Å². The topological polar surface area (TPSA) is 44.8 Å². The highest BCUT2D eigenvalue weighted by Crippen LogP contribution is 2.26. The van der Waals surface area contributed by atoms with Gasteiger partial charge in [0.1, 0.15) is 11.5 Å². The van der Waals surface area contributed by atoms with Crippen molar-refractivity contribution in [3.05, 3.63) is 84.4 Å². The quantitative estimate of drug-likeness (QED) is 0.337.